The van der Waals surface area contributed by atoms with Crippen LogP contribution in [0.5, 0.6) is 5.75 Å². The first kappa shape index (κ1) is 20.4. The molecule has 0 unspecified atom stereocenters. The van der Waals surface area contributed by atoms with E-state index in [-0.39, 0.29) is 30.1 Å². The summed E-state index contributed by atoms with van der Waals surface area (Å²) in [5.74, 6) is 0.419. The van der Waals surface area contributed by atoms with Gasteiger partial charge >= 0.3 is 6.03 Å². The summed E-state index contributed by atoms with van der Waals surface area (Å²) in [4.78, 5) is 25.5. The average molecular weight is 382 g/mol. The first-order valence-electron chi connectivity index (χ1n) is 8.93. The first-order chi connectivity index (χ1) is 12.1. The largest absolute Gasteiger partial charge is 0.489 e. The lowest BCUT2D eigenvalue weighted by Gasteiger charge is -2.23. The Labute approximate surface area is 160 Å². The number of nitrogens with one attached hydrogen (secondary N) is 2. The van der Waals surface area contributed by atoms with Gasteiger partial charge in [-0.2, -0.15) is 0 Å². The molecule has 7 heteroatoms. The van der Waals surface area contributed by atoms with Crippen LogP contribution in [0.3, 0.4) is 0 Å². The van der Waals surface area contributed by atoms with Gasteiger partial charge in [-0.25, -0.2) is 4.79 Å². The van der Waals surface area contributed by atoms with Gasteiger partial charge in [0.05, 0.1) is 11.1 Å². The van der Waals surface area contributed by atoms with Crippen molar-refractivity contribution < 1.29 is 14.3 Å². The molecular formula is C19H28ClN3O3. The van der Waals surface area contributed by atoms with Crippen LogP contribution in [0.4, 0.5) is 10.5 Å². The van der Waals surface area contributed by atoms with Crippen molar-refractivity contribution in [2.75, 3.05) is 18.9 Å². The number of amides is 3. The first-order valence-corrected chi connectivity index (χ1v) is 9.31. The Morgan fingerprint density at radius 1 is 1.27 bits per heavy atom. The van der Waals surface area contributed by atoms with Crippen LogP contribution in [0.1, 0.15) is 46.5 Å². The Kier molecular flexibility index (Phi) is 6.75. The van der Waals surface area contributed by atoms with Crippen LogP contribution >= 0.6 is 11.6 Å². The Balaban J connectivity index is 1.89. The predicted octanol–water partition coefficient (Wildman–Crippen LogP) is 4.04. The SMILES string of the molecule is CN(CC(=O)NC(C)(C)C)C(=O)Nc1ccc(OC2CCCC2)c(Cl)c1. The van der Waals surface area contributed by atoms with E-state index < -0.39 is 0 Å². The van der Waals surface area contributed by atoms with E-state index in [1.807, 2.05) is 20.8 Å². The van der Waals surface area contributed by atoms with Gasteiger partial charge in [0.15, 0.2) is 0 Å². The lowest BCUT2D eigenvalue weighted by atomic mass is 10.1. The van der Waals surface area contributed by atoms with Crippen molar-refractivity contribution in [3.05, 3.63) is 23.2 Å². The van der Waals surface area contributed by atoms with Crippen LogP contribution < -0.4 is 15.4 Å². The molecule has 2 N–H and O–H groups in total. The number of rotatable bonds is 5. The minimum atomic E-state index is -0.380. The molecule has 0 atom stereocenters. The normalized spacial score (nSPS) is 14.8. The Morgan fingerprint density at radius 2 is 1.92 bits per heavy atom. The Bertz CT molecular complexity index is 652. The van der Waals surface area contributed by atoms with Crippen molar-refractivity contribution in [2.24, 2.45) is 0 Å². The van der Waals surface area contributed by atoms with Gasteiger partial charge in [0.2, 0.25) is 5.91 Å². The maximum atomic E-state index is 12.2. The van der Waals surface area contributed by atoms with E-state index in [1.54, 1.807) is 25.2 Å². The minimum absolute atomic E-state index is 0.0281. The number of likely N-dealkylation sites (N-methyl/N-ethyl adjacent to an activating group) is 1. The standard InChI is InChI=1S/C19H28ClN3O3/c1-19(2,3)22-17(24)12-23(4)18(25)21-13-9-10-16(15(20)11-13)26-14-7-5-6-8-14/h9-11,14H,5-8,12H2,1-4H3,(H,21,25)(H,22,24). The van der Waals surface area contributed by atoms with Gasteiger partial charge in [-0.05, 0) is 64.7 Å². The zero-order valence-corrected chi connectivity index (χ0v) is 16.7. The fraction of sp³-hybridized carbons (Fsp3) is 0.579. The van der Waals surface area contributed by atoms with Crippen LogP contribution in [0, 0.1) is 0 Å². The lowest BCUT2D eigenvalue weighted by Crippen LogP contribution is -2.47. The van der Waals surface area contributed by atoms with Crippen LogP contribution in [0.2, 0.25) is 5.02 Å². The molecule has 144 valence electrons. The van der Waals surface area contributed by atoms with Crippen molar-refractivity contribution in [3.63, 3.8) is 0 Å². The minimum Gasteiger partial charge on any atom is -0.489 e. The lowest BCUT2D eigenvalue weighted by molar-refractivity contribution is -0.122. The van der Waals surface area contributed by atoms with E-state index in [2.05, 4.69) is 10.6 Å². The highest BCUT2D eigenvalue weighted by Gasteiger charge is 2.19. The monoisotopic (exact) mass is 381 g/mol. The molecule has 3 amide bonds. The van der Waals surface area contributed by atoms with Crippen LogP contribution in [0.25, 0.3) is 0 Å². The molecule has 1 saturated carbocycles. The number of carbonyl (C=O) groups is 2. The van der Waals surface area contributed by atoms with Crippen molar-refractivity contribution in [2.45, 2.75) is 58.1 Å². The fourth-order valence-corrected chi connectivity index (χ4v) is 3.05. The number of hydrogen-bond acceptors (Lipinski definition) is 3. The summed E-state index contributed by atoms with van der Waals surface area (Å²) in [7, 11) is 1.57. The fourth-order valence-electron chi connectivity index (χ4n) is 2.82. The molecule has 0 aliphatic heterocycles. The topological polar surface area (TPSA) is 70.7 Å². The molecule has 1 aromatic rings. The summed E-state index contributed by atoms with van der Waals surface area (Å²) >= 11 is 6.27. The number of urea groups is 1. The van der Waals surface area contributed by atoms with E-state index in [0.717, 1.165) is 12.8 Å². The van der Waals surface area contributed by atoms with Gasteiger partial charge < -0.3 is 20.3 Å². The number of benzene rings is 1. The quantitative estimate of drug-likeness (QED) is 0.808. The summed E-state index contributed by atoms with van der Waals surface area (Å²) in [6.07, 6.45) is 4.70. The maximum Gasteiger partial charge on any atom is 0.322 e. The van der Waals surface area contributed by atoms with Crippen molar-refractivity contribution in [1.82, 2.24) is 10.2 Å². The van der Waals surface area contributed by atoms with Crippen LogP contribution in [-0.2, 0) is 4.79 Å². The summed E-state index contributed by atoms with van der Waals surface area (Å²) in [6.45, 7) is 5.65. The predicted molar refractivity (Wildman–Crippen MR) is 104 cm³/mol. The van der Waals surface area contributed by atoms with Gasteiger partial charge in [-0.1, -0.05) is 11.6 Å². The molecule has 0 radical (unpaired) electrons. The molecule has 0 spiro atoms. The molecule has 1 aliphatic rings. The third-order valence-corrected chi connectivity index (χ3v) is 4.32. The van der Waals surface area contributed by atoms with Crippen molar-refractivity contribution in [3.8, 4) is 5.75 Å². The zero-order valence-electron chi connectivity index (χ0n) is 15.9. The molecule has 1 fully saturated rings. The van der Waals surface area contributed by atoms with Gasteiger partial charge in [-0.15, -0.1) is 0 Å². The van der Waals surface area contributed by atoms with E-state index in [0.29, 0.717) is 16.5 Å². The van der Waals surface area contributed by atoms with E-state index in [9.17, 15) is 9.59 Å². The van der Waals surface area contributed by atoms with Gasteiger partial charge in [0.1, 0.15) is 12.3 Å². The molecule has 26 heavy (non-hydrogen) atoms. The smallest absolute Gasteiger partial charge is 0.322 e. The van der Waals surface area contributed by atoms with E-state index in [4.69, 9.17) is 16.3 Å². The Hall–Kier alpha value is -1.95. The number of carbonyl (C=O) groups excluding carboxylic acids is 2. The van der Waals surface area contributed by atoms with Gasteiger partial charge in [0.25, 0.3) is 0 Å². The van der Waals surface area contributed by atoms with Crippen molar-refractivity contribution in [1.29, 1.82) is 0 Å². The second-order valence-electron chi connectivity index (χ2n) is 7.75. The summed E-state index contributed by atoms with van der Waals surface area (Å²) < 4.78 is 5.90. The molecule has 0 bridgehead atoms. The zero-order chi connectivity index (χ0) is 19.3. The Morgan fingerprint density at radius 3 is 2.50 bits per heavy atom. The highest BCUT2D eigenvalue weighted by molar-refractivity contribution is 6.32. The second kappa shape index (κ2) is 8.62. The molecule has 2 rings (SSSR count). The third kappa shape index (κ3) is 6.41. The van der Waals surface area contributed by atoms with Crippen LogP contribution in [-0.4, -0.2) is 42.1 Å². The third-order valence-electron chi connectivity index (χ3n) is 4.02. The van der Waals surface area contributed by atoms with E-state index >= 15 is 0 Å². The molecule has 0 heterocycles. The van der Waals surface area contributed by atoms with Crippen molar-refractivity contribution >= 4 is 29.2 Å². The molecule has 0 saturated heterocycles. The molecular weight excluding hydrogens is 354 g/mol. The number of nitrogens with zero attached hydrogens (tertiary/aromatic N) is 1. The number of halogens is 1. The number of hydrogen-bond donors (Lipinski definition) is 2. The molecule has 6 nitrogen and oxygen atoms in total. The molecule has 1 aliphatic carbocycles. The molecule has 0 aromatic heterocycles. The van der Waals surface area contributed by atoms with Gasteiger partial charge in [-0.3, -0.25) is 4.79 Å². The van der Waals surface area contributed by atoms with Gasteiger partial charge in [0, 0.05) is 18.3 Å². The number of anilines is 1. The summed E-state index contributed by atoms with van der Waals surface area (Å²) in [5, 5.41) is 6.02. The summed E-state index contributed by atoms with van der Waals surface area (Å²) in [5.41, 5.74) is 0.221. The number of ether oxygens (including phenoxy) is 1. The second-order valence-corrected chi connectivity index (χ2v) is 8.16. The maximum absolute atomic E-state index is 12.2. The molecule has 1 aromatic carbocycles. The highest BCUT2D eigenvalue weighted by Crippen LogP contribution is 2.31. The van der Waals surface area contributed by atoms with Crippen LogP contribution in [0.15, 0.2) is 18.2 Å². The summed E-state index contributed by atoms with van der Waals surface area (Å²) in [6, 6.07) is 4.79. The average Bonchev–Trinajstić information content (AvgIpc) is 3.01. The van der Waals surface area contributed by atoms with E-state index in [1.165, 1.54) is 17.7 Å². The highest BCUT2D eigenvalue weighted by atomic mass is 35.5.